The predicted octanol–water partition coefficient (Wildman–Crippen LogP) is 3.50. The van der Waals surface area contributed by atoms with Gasteiger partial charge in [0.25, 0.3) is 10.0 Å². The quantitative estimate of drug-likeness (QED) is 0.618. The summed E-state index contributed by atoms with van der Waals surface area (Å²) < 4.78 is 27.4. The number of nitrogens with zero attached hydrogens (tertiary/aromatic N) is 2. The summed E-state index contributed by atoms with van der Waals surface area (Å²) >= 11 is 0. The second kappa shape index (κ2) is 9.13. The SMILES string of the molecule is N#Cc1ccc(S(=O)(=O)Nc2ccc(CC(=O)CCc3cccnc3)cc2)cc1. The summed E-state index contributed by atoms with van der Waals surface area (Å²) in [7, 11) is -3.75. The largest absolute Gasteiger partial charge is 0.299 e. The first-order valence-electron chi connectivity index (χ1n) is 8.99. The lowest BCUT2D eigenvalue weighted by molar-refractivity contribution is -0.118. The highest BCUT2D eigenvalue weighted by Crippen LogP contribution is 2.18. The highest BCUT2D eigenvalue weighted by Gasteiger charge is 2.14. The van der Waals surface area contributed by atoms with E-state index in [9.17, 15) is 13.2 Å². The van der Waals surface area contributed by atoms with E-state index in [4.69, 9.17) is 5.26 Å². The number of hydrogen-bond acceptors (Lipinski definition) is 5. The molecule has 1 aromatic heterocycles. The first-order chi connectivity index (χ1) is 14.0. The van der Waals surface area contributed by atoms with Crippen LogP contribution in [-0.4, -0.2) is 19.2 Å². The molecule has 0 radical (unpaired) electrons. The van der Waals surface area contributed by atoms with Crippen molar-refractivity contribution >= 4 is 21.5 Å². The Kier molecular flexibility index (Phi) is 6.37. The maximum atomic E-state index is 12.4. The Morgan fingerprint density at radius 2 is 1.72 bits per heavy atom. The van der Waals surface area contributed by atoms with Crippen LogP contribution < -0.4 is 4.72 Å². The number of rotatable bonds is 8. The lowest BCUT2D eigenvalue weighted by Gasteiger charge is -2.09. The summed E-state index contributed by atoms with van der Waals surface area (Å²) in [5.41, 5.74) is 2.64. The van der Waals surface area contributed by atoms with Gasteiger partial charge in [-0.15, -0.1) is 0 Å². The van der Waals surface area contributed by atoms with E-state index < -0.39 is 10.0 Å². The summed E-state index contributed by atoms with van der Waals surface area (Å²) in [6, 6.07) is 18.1. The fraction of sp³-hybridized carbons (Fsp3) is 0.136. The lowest BCUT2D eigenvalue weighted by Crippen LogP contribution is -2.13. The molecule has 29 heavy (non-hydrogen) atoms. The van der Waals surface area contributed by atoms with E-state index in [-0.39, 0.29) is 10.7 Å². The van der Waals surface area contributed by atoms with Crippen LogP contribution in [0.2, 0.25) is 0 Å². The molecular formula is C22H19N3O3S. The number of ketones is 1. The lowest BCUT2D eigenvalue weighted by atomic mass is 10.0. The maximum Gasteiger partial charge on any atom is 0.261 e. The van der Waals surface area contributed by atoms with Crippen LogP contribution in [-0.2, 0) is 27.7 Å². The summed E-state index contributed by atoms with van der Waals surface area (Å²) in [6.45, 7) is 0. The molecule has 3 aromatic rings. The number of anilines is 1. The third kappa shape index (κ3) is 5.74. The van der Waals surface area contributed by atoms with Gasteiger partial charge in [-0.05, 0) is 60.0 Å². The van der Waals surface area contributed by atoms with E-state index >= 15 is 0 Å². The van der Waals surface area contributed by atoms with Gasteiger partial charge in [-0.25, -0.2) is 8.42 Å². The van der Waals surface area contributed by atoms with Crippen LogP contribution in [0.15, 0.2) is 78.0 Å². The minimum atomic E-state index is -3.75. The van der Waals surface area contributed by atoms with Crippen LogP contribution in [0.25, 0.3) is 0 Å². The number of Topliss-reactive ketones (excluding diaryl/α,β-unsaturated/α-hetero) is 1. The van der Waals surface area contributed by atoms with Gasteiger partial charge in [-0.3, -0.25) is 14.5 Å². The van der Waals surface area contributed by atoms with Crippen molar-refractivity contribution in [1.82, 2.24) is 4.98 Å². The molecule has 0 aliphatic heterocycles. The van der Waals surface area contributed by atoms with E-state index in [1.165, 1.54) is 24.3 Å². The molecule has 0 amide bonds. The Bertz CT molecular complexity index is 1120. The number of carbonyl (C=O) groups excluding carboxylic acids is 1. The molecule has 0 bridgehead atoms. The van der Waals surface area contributed by atoms with E-state index in [1.807, 2.05) is 18.2 Å². The van der Waals surface area contributed by atoms with E-state index in [0.717, 1.165) is 11.1 Å². The van der Waals surface area contributed by atoms with Crippen molar-refractivity contribution < 1.29 is 13.2 Å². The number of carbonyl (C=O) groups is 1. The second-order valence-electron chi connectivity index (χ2n) is 6.52. The average molecular weight is 405 g/mol. The van der Waals surface area contributed by atoms with Gasteiger partial charge in [-0.1, -0.05) is 18.2 Å². The molecule has 0 aliphatic rings. The van der Waals surface area contributed by atoms with Gasteiger partial charge in [0.1, 0.15) is 5.78 Å². The number of nitrogens with one attached hydrogen (secondary N) is 1. The molecule has 0 unspecified atom stereocenters. The Balaban J connectivity index is 1.58. The monoisotopic (exact) mass is 405 g/mol. The number of aromatic nitrogens is 1. The normalized spacial score (nSPS) is 10.9. The van der Waals surface area contributed by atoms with E-state index in [0.29, 0.717) is 30.5 Å². The van der Waals surface area contributed by atoms with Crippen molar-refractivity contribution in [3.8, 4) is 6.07 Å². The van der Waals surface area contributed by atoms with Crippen molar-refractivity contribution in [1.29, 1.82) is 5.26 Å². The molecule has 146 valence electrons. The van der Waals surface area contributed by atoms with Gasteiger partial charge in [0.05, 0.1) is 16.5 Å². The number of aryl methyl sites for hydroxylation is 1. The Labute approximate surface area is 169 Å². The van der Waals surface area contributed by atoms with Gasteiger partial charge in [0, 0.05) is 30.9 Å². The van der Waals surface area contributed by atoms with Gasteiger partial charge < -0.3 is 0 Å². The first-order valence-corrected chi connectivity index (χ1v) is 10.5. The predicted molar refractivity (Wildman–Crippen MR) is 110 cm³/mol. The number of nitriles is 1. The molecule has 0 saturated heterocycles. The molecule has 3 rings (SSSR count). The summed E-state index contributed by atoms with van der Waals surface area (Å²) in [5.74, 6) is 0.111. The van der Waals surface area contributed by atoms with Crippen molar-refractivity contribution in [2.75, 3.05) is 4.72 Å². The zero-order valence-corrected chi connectivity index (χ0v) is 16.4. The molecule has 7 heteroatoms. The Morgan fingerprint density at radius 3 is 2.34 bits per heavy atom. The topological polar surface area (TPSA) is 99.9 Å². The number of sulfonamides is 1. The number of pyridine rings is 1. The molecule has 1 heterocycles. The fourth-order valence-electron chi connectivity index (χ4n) is 2.76. The smallest absolute Gasteiger partial charge is 0.261 e. The molecule has 0 spiro atoms. The van der Waals surface area contributed by atoms with Crippen LogP contribution in [0.5, 0.6) is 0 Å². The van der Waals surface area contributed by atoms with Crippen molar-refractivity contribution in [2.45, 2.75) is 24.2 Å². The van der Waals surface area contributed by atoms with Crippen molar-refractivity contribution in [3.05, 3.63) is 89.7 Å². The minimum Gasteiger partial charge on any atom is -0.299 e. The van der Waals surface area contributed by atoms with Crippen LogP contribution in [0, 0.1) is 11.3 Å². The molecule has 0 aliphatic carbocycles. The molecular weight excluding hydrogens is 386 g/mol. The number of benzene rings is 2. The van der Waals surface area contributed by atoms with Crippen LogP contribution in [0.4, 0.5) is 5.69 Å². The highest BCUT2D eigenvalue weighted by molar-refractivity contribution is 7.92. The summed E-state index contributed by atoms with van der Waals surface area (Å²) in [6.07, 6.45) is 4.82. The second-order valence-corrected chi connectivity index (χ2v) is 8.20. The third-order valence-electron chi connectivity index (χ3n) is 4.32. The molecule has 0 fully saturated rings. The summed E-state index contributed by atoms with van der Waals surface area (Å²) in [5, 5.41) is 8.80. The van der Waals surface area contributed by atoms with Gasteiger partial charge in [0.15, 0.2) is 0 Å². The summed E-state index contributed by atoms with van der Waals surface area (Å²) in [4.78, 5) is 16.3. The number of hydrogen-bond donors (Lipinski definition) is 1. The average Bonchev–Trinajstić information content (AvgIpc) is 2.74. The van der Waals surface area contributed by atoms with E-state index in [1.54, 1.807) is 36.7 Å². The van der Waals surface area contributed by atoms with Gasteiger partial charge in [0.2, 0.25) is 0 Å². The Hall–Kier alpha value is -3.50. The highest BCUT2D eigenvalue weighted by atomic mass is 32.2. The van der Waals surface area contributed by atoms with E-state index in [2.05, 4.69) is 9.71 Å². The van der Waals surface area contributed by atoms with Crippen LogP contribution in [0.3, 0.4) is 0 Å². The standard InChI is InChI=1S/C22H19N3O3S/c23-15-18-6-11-22(12-7-18)29(27,28)25-20-8-3-17(4-9-20)14-21(26)10-5-19-2-1-13-24-16-19/h1-4,6-9,11-13,16,25H,5,10,14H2. The molecule has 1 N–H and O–H groups in total. The zero-order chi connectivity index (χ0) is 20.7. The van der Waals surface area contributed by atoms with Crippen LogP contribution in [0.1, 0.15) is 23.1 Å². The minimum absolute atomic E-state index is 0.0751. The third-order valence-corrected chi connectivity index (χ3v) is 5.71. The van der Waals surface area contributed by atoms with Crippen LogP contribution >= 0.6 is 0 Å². The van der Waals surface area contributed by atoms with Crippen molar-refractivity contribution in [3.63, 3.8) is 0 Å². The fourth-order valence-corrected chi connectivity index (χ4v) is 3.82. The molecule has 6 nitrogen and oxygen atoms in total. The van der Waals surface area contributed by atoms with Crippen molar-refractivity contribution in [2.24, 2.45) is 0 Å². The Morgan fingerprint density at radius 1 is 1.00 bits per heavy atom. The van der Waals surface area contributed by atoms with Gasteiger partial charge in [-0.2, -0.15) is 5.26 Å². The maximum absolute atomic E-state index is 12.4. The molecule has 0 saturated carbocycles. The molecule has 0 atom stereocenters. The van der Waals surface area contributed by atoms with Gasteiger partial charge >= 0.3 is 0 Å². The molecule has 2 aromatic carbocycles. The zero-order valence-electron chi connectivity index (χ0n) is 15.6. The first kappa shape index (κ1) is 20.2.